The summed E-state index contributed by atoms with van der Waals surface area (Å²) in [5.41, 5.74) is 0. The van der Waals surface area contributed by atoms with Crippen LogP contribution in [-0.2, 0) is 4.79 Å². The number of nitrogens with one attached hydrogen (secondary N) is 2. The van der Waals surface area contributed by atoms with Gasteiger partial charge in [-0.2, -0.15) is 0 Å². The Hall–Kier alpha value is -0.650. The maximum atomic E-state index is 10.3. The molecule has 5 nitrogen and oxygen atoms in total. The lowest BCUT2D eigenvalue weighted by molar-refractivity contribution is -0.140. The molecular weight excluding hydrogens is 220 g/mol. The van der Waals surface area contributed by atoms with Crippen molar-refractivity contribution in [2.75, 3.05) is 19.7 Å². The molecule has 0 amide bonds. The summed E-state index contributed by atoms with van der Waals surface area (Å²) >= 11 is 0. The largest absolute Gasteiger partial charge is 0.480 e. The van der Waals surface area contributed by atoms with E-state index in [9.17, 15) is 4.79 Å². The van der Waals surface area contributed by atoms with Gasteiger partial charge >= 0.3 is 5.97 Å². The number of hydrogen-bond acceptors (Lipinski definition) is 4. The van der Waals surface area contributed by atoms with Crippen LogP contribution in [0.15, 0.2) is 0 Å². The molecule has 2 atom stereocenters. The lowest BCUT2D eigenvalue weighted by Crippen LogP contribution is -2.40. The first-order valence-corrected chi connectivity index (χ1v) is 6.54. The number of aliphatic hydroxyl groups is 1. The Morgan fingerprint density at radius 2 is 1.71 bits per heavy atom. The molecule has 0 unspecified atom stereocenters. The third kappa shape index (κ3) is 6.00. The van der Waals surface area contributed by atoms with Crippen LogP contribution < -0.4 is 10.6 Å². The highest BCUT2D eigenvalue weighted by atomic mass is 16.4. The average molecular weight is 244 g/mol. The molecule has 0 aliphatic carbocycles. The molecule has 2 aliphatic heterocycles. The van der Waals surface area contributed by atoms with Crippen molar-refractivity contribution in [2.45, 2.75) is 50.6 Å². The van der Waals surface area contributed by atoms with E-state index < -0.39 is 5.97 Å². The predicted molar refractivity (Wildman–Crippen MR) is 66.0 cm³/mol. The van der Waals surface area contributed by atoms with Crippen LogP contribution in [0.1, 0.15) is 38.5 Å². The number of piperidine rings is 2. The lowest BCUT2D eigenvalue weighted by atomic mass is 10.1. The molecule has 0 radical (unpaired) electrons. The summed E-state index contributed by atoms with van der Waals surface area (Å²) in [5.74, 6) is -0.713. The average Bonchev–Trinajstić information content (AvgIpc) is 2.41. The number of carboxylic acids is 1. The van der Waals surface area contributed by atoms with Crippen molar-refractivity contribution < 1.29 is 15.0 Å². The summed E-state index contributed by atoms with van der Waals surface area (Å²) in [6.07, 6.45) is 6.65. The first-order chi connectivity index (χ1) is 8.24. The lowest BCUT2D eigenvalue weighted by Gasteiger charge is -2.20. The zero-order chi connectivity index (χ0) is 12.5. The van der Waals surface area contributed by atoms with Gasteiger partial charge in [0.05, 0.1) is 6.61 Å². The van der Waals surface area contributed by atoms with E-state index in [1.54, 1.807) is 0 Å². The molecule has 0 aromatic heterocycles. The Morgan fingerprint density at radius 1 is 1.06 bits per heavy atom. The summed E-state index contributed by atoms with van der Waals surface area (Å²) in [5, 5.41) is 23.2. The van der Waals surface area contributed by atoms with Gasteiger partial charge in [-0.05, 0) is 38.8 Å². The maximum Gasteiger partial charge on any atom is 0.320 e. The van der Waals surface area contributed by atoms with Gasteiger partial charge in [-0.1, -0.05) is 12.8 Å². The molecule has 100 valence electrons. The normalized spacial score (nSPS) is 29.0. The van der Waals surface area contributed by atoms with E-state index in [1.165, 1.54) is 12.8 Å². The minimum absolute atomic E-state index is 0.279. The maximum absolute atomic E-state index is 10.3. The highest BCUT2D eigenvalue weighted by Crippen LogP contribution is 2.06. The molecule has 2 aliphatic rings. The molecule has 2 rings (SSSR count). The fourth-order valence-electron chi connectivity index (χ4n) is 2.14. The molecule has 2 heterocycles. The molecule has 2 saturated heterocycles. The summed E-state index contributed by atoms with van der Waals surface area (Å²) in [7, 11) is 0. The van der Waals surface area contributed by atoms with Crippen LogP contribution >= 0.6 is 0 Å². The van der Waals surface area contributed by atoms with Gasteiger partial charge in [0.2, 0.25) is 0 Å². The predicted octanol–water partition coefficient (Wildman–Crippen LogP) is 0.334. The topological polar surface area (TPSA) is 81.6 Å². The highest BCUT2D eigenvalue weighted by Gasteiger charge is 2.18. The molecule has 4 N–H and O–H groups in total. The number of hydrogen-bond donors (Lipinski definition) is 4. The van der Waals surface area contributed by atoms with Crippen molar-refractivity contribution in [1.29, 1.82) is 0 Å². The van der Waals surface area contributed by atoms with Gasteiger partial charge in [0.25, 0.3) is 0 Å². The molecule has 0 spiro atoms. The highest BCUT2D eigenvalue weighted by molar-refractivity contribution is 5.73. The van der Waals surface area contributed by atoms with Gasteiger partial charge < -0.3 is 20.8 Å². The zero-order valence-corrected chi connectivity index (χ0v) is 10.3. The summed E-state index contributed by atoms with van der Waals surface area (Å²) in [6, 6.07) is 0.113. The van der Waals surface area contributed by atoms with E-state index in [1.807, 2.05) is 0 Å². The van der Waals surface area contributed by atoms with Crippen molar-refractivity contribution in [3.05, 3.63) is 0 Å². The Labute approximate surface area is 103 Å². The number of carboxylic acid groups (broad SMARTS) is 1. The van der Waals surface area contributed by atoms with Crippen molar-refractivity contribution in [3.8, 4) is 0 Å². The van der Waals surface area contributed by atoms with Crippen molar-refractivity contribution in [3.63, 3.8) is 0 Å². The summed E-state index contributed by atoms with van der Waals surface area (Å²) in [6.45, 7) is 2.25. The van der Waals surface area contributed by atoms with Gasteiger partial charge in [0.15, 0.2) is 0 Å². The van der Waals surface area contributed by atoms with Crippen LogP contribution in [0.25, 0.3) is 0 Å². The van der Waals surface area contributed by atoms with Crippen LogP contribution in [-0.4, -0.2) is 48.0 Å². The third-order valence-electron chi connectivity index (χ3n) is 3.24. The second-order valence-corrected chi connectivity index (χ2v) is 4.67. The number of aliphatic carboxylic acids is 1. The molecule has 0 bridgehead atoms. The van der Waals surface area contributed by atoms with Gasteiger partial charge in [0.1, 0.15) is 6.04 Å². The Bertz CT molecular complexity index is 212. The first-order valence-electron chi connectivity index (χ1n) is 6.54. The number of carbonyl (C=O) groups is 1. The smallest absolute Gasteiger partial charge is 0.320 e. The Morgan fingerprint density at radius 3 is 2.00 bits per heavy atom. The minimum Gasteiger partial charge on any atom is -0.480 e. The standard InChI is InChI=1S/C6H11NO2.C6H13NO/c8-6(9)5-3-1-2-4-7-5;8-5-6-3-1-2-4-7-6/h5,7H,1-4H2,(H,8,9);6-8H,1-5H2/t5-;6-/m00/s1. The molecule has 17 heavy (non-hydrogen) atoms. The van der Waals surface area contributed by atoms with Crippen LogP contribution in [0.2, 0.25) is 0 Å². The van der Waals surface area contributed by atoms with Gasteiger partial charge in [0, 0.05) is 6.04 Å². The number of aliphatic hydroxyl groups excluding tert-OH is 1. The second-order valence-electron chi connectivity index (χ2n) is 4.67. The summed E-state index contributed by atoms with van der Waals surface area (Å²) < 4.78 is 0. The van der Waals surface area contributed by atoms with E-state index in [2.05, 4.69) is 10.6 Å². The van der Waals surface area contributed by atoms with E-state index in [-0.39, 0.29) is 6.04 Å². The van der Waals surface area contributed by atoms with Gasteiger partial charge in [-0.15, -0.1) is 0 Å². The molecule has 0 aromatic rings. The van der Waals surface area contributed by atoms with Crippen molar-refractivity contribution in [1.82, 2.24) is 10.6 Å². The second kappa shape index (κ2) is 8.44. The zero-order valence-electron chi connectivity index (χ0n) is 10.3. The quantitative estimate of drug-likeness (QED) is 0.563. The fraction of sp³-hybridized carbons (Fsp3) is 0.917. The SMILES string of the molecule is O=C(O)[C@@H]1CCCCN1.OC[C@@H]1CCCCN1. The monoisotopic (exact) mass is 244 g/mol. The van der Waals surface area contributed by atoms with Gasteiger partial charge in [-0.3, -0.25) is 4.79 Å². The van der Waals surface area contributed by atoms with Crippen LogP contribution in [0, 0.1) is 0 Å². The van der Waals surface area contributed by atoms with Crippen LogP contribution in [0.4, 0.5) is 0 Å². The third-order valence-corrected chi connectivity index (χ3v) is 3.24. The molecule has 0 saturated carbocycles. The van der Waals surface area contributed by atoms with Gasteiger partial charge in [-0.25, -0.2) is 0 Å². The van der Waals surface area contributed by atoms with Crippen molar-refractivity contribution >= 4 is 5.97 Å². The number of rotatable bonds is 2. The van der Waals surface area contributed by atoms with Crippen molar-refractivity contribution in [2.24, 2.45) is 0 Å². The molecule has 0 aromatic carbocycles. The minimum atomic E-state index is -0.713. The van der Waals surface area contributed by atoms with E-state index in [0.29, 0.717) is 12.6 Å². The molecule has 5 heteroatoms. The van der Waals surface area contributed by atoms with Crippen LogP contribution in [0.3, 0.4) is 0 Å². The van der Waals surface area contributed by atoms with E-state index >= 15 is 0 Å². The Kier molecular flexibility index (Phi) is 7.16. The van der Waals surface area contributed by atoms with E-state index in [4.69, 9.17) is 10.2 Å². The van der Waals surface area contributed by atoms with Crippen LogP contribution in [0.5, 0.6) is 0 Å². The Balaban J connectivity index is 0.000000171. The molecule has 2 fully saturated rings. The molecular formula is C12H24N2O3. The fourth-order valence-corrected chi connectivity index (χ4v) is 2.14. The first kappa shape index (κ1) is 14.4. The van der Waals surface area contributed by atoms with E-state index in [0.717, 1.165) is 38.8 Å². The summed E-state index contributed by atoms with van der Waals surface area (Å²) in [4.78, 5) is 10.3.